The number of fused-ring (bicyclic) bond motifs is 3. The molecule has 6 heteroatoms. The van der Waals surface area contributed by atoms with Crippen molar-refractivity contribution in [1.29, 1.82) is 0 Å². The van der Waals surface area contributed by atoms with Gasteiger partial charge in [-0.2, -0.15) is 0 Å². The largest absolute Gasteiger partial charge is 0.365 e. The highest BCUT2D eigenvalue weighted by molar-refractivity contribution is 7.19. The lowest BCUT2D eigenvalue weighted by atomic mass is 9.88. The molecular formula is C23H25Cl2N3S. The zero-order valence-electron chi connectivity index (χ0n) is 16.4. The van der Waals surface area contributed by atoms with Crippen LogP contribution >= 0.6 is 34.5 Å². The van der Waals surface area contributed by atoms with Crippen LogP contribution in [0, 0.1) is 0 Å². The molecule has 152 valence electrons. The van der Waals surface area contributed by atoms with Crippen LogP contribution in [0.1, 0.15) is 72.7 Å². The molecule has 2 aliphatic rings. The molecule has 0 spiro atoms. The molecule has 29 heavy (non-hydrogen) atoms. The third-order valence-electron chi connectivity index (χ3n) is 6.25. The quantitative estimate of drug-likeness (QED) is 0.450. The van der Waals surface area contributed by atoms with Gasteiger partial charge < -0.3 is 5.32 Å². The van der Waals surface area contributed by atoms with E-state index in [1.807, 2.05) is 29.5 Å². The van der Waals surface area contributed by atoms with Gasteiger partial charge in [-0.25, -0.2) is 9.97 Å². The highest BCUT2D eigenvalue weighted by Gasteiger charge is 2.24. The van der Waals surface area contributed by atoms with Crippen molar-refractivity contribution in [2.45, 2.75) is 70.3 Å². The normalized spacial score (nSPS) is 17.4. The molecule has 2 heterocycles. The minimum absolute atomic E-state index is 0.498. The first kappa shape index (κ1) is 19.6. The Hall–Kier alpha value is -1.36. The number of hydrogen-bond donors (Lipinski definition) is 1. The Kier molecular flexibility index (Phi) is 5.68. The minimum Gasteiger partial charge on any atom is -0.365 e. The summed E-state index contributed by atoms with van der Waals surface area (Å²) in [7, 11) is 0. The Labute approximate surface area is 185 Å². The first-order valence-corrected chi connectivity index (χ1v) is 12.3. The van der Waals surface area contributed by atoms with Gasteiger partial charge in [0.2, 0.25) is 0 Å². The third kappa shape index (κ3) is 3.99. The van der Waals surface area contributed by atoms with Gasteiger partial charge in [0, 0.05) is 17.3 Å². The number of thiophene rings is 1. The van der Waals surface area contributed by atoms with Crippen LogP contribution in [-0.2, 0) is 19.4 Å². The summed E-state index contributed by atoms with van der Waals surface area (Å²) in [6.45, 7) is 0.678. The number of nitrogens with one attached hydrogen (secondary N) is 1. The van der Waals surface area contributed by atoms with Gasteiger partial charge in [-0.15, -0.1) is 11.3 Å². The lowest BCUT2D eigenvalue weighted by molar-refractivity contribution is 0.430. The monoisotopic (exact) mass is 445 g/mol. The predicted molar refractivity (Wildman–Crippen MR) is 124 cm³/mol. The molecule has 1 saturated carbocycles. The molecule has 3 aromatic rings. The van der Waals surface area contributed by atoms with Crippen molar-refractivity contribution in [3.8, 4) is 0 Å². The Bertz CT molecular complexity index is 1040. The van der Waals surface area contributed by atoms with Crippen LogP contribution in [0.3, 0.4) is 0 Å². The van der Waals surface area contributed by atoms with E-state index in [0.29, 0.717) is 22.5 Å². The van der Waals surface area contributed by atoms with E-state index >= 15 is 0 Å². The molecule has 1 N–H and O–H groups in total. The van der Waals surface area contributed by atoms with Crippen molar-refractivity contribution >= 4 is 50.6 Å². The molecule has 0 unspecified atom stereocenters. The number of rotatable bonds is 4. The number of aryl methyl sites for hydroxylation is 2. The lowest BCUT2D eigenvalue weighted by Gasteiger charge is -2.21. The average molecular weight is 446 g/mol. The summed E-state index contributed by atoms with van der Waals surface area (Å²) in [6, 6.07) is 5.81. The van der Waals surface area contributed by atoms with Crippen molar-refractivity contribution in [1.82, 2.24) is 9.97 Å². The van der Waals surface area contributed by atoms with Gasteiger partial charge in [-0.05, 0) is 61.8 Å². The third-order valence-corrected chi connectivity index (χ3v) is 8.17. The van der Waals surface area contributed by atoms with Gasteiger partial charge in [0.1, 0.15) is 16.5 Å². The zero-order valence-corrected chi connectivity index (χ0v) is 18.8. The topological polar surface area (TPSA) is 37.8 Å². The van der Waals surface area contributed by atoms with Gasteiger partial charge in [0.25, 0.3) is 0 Å². The smallest absolute Gasteiger partial charge is 0.139 e. The van der Waals surface area contributed by atoms with Gasteiger partial charge >= 0.3 is 0 Å². The number of benzene rings is 1. The number of nitrogens with zero attached hydrogens (tertiary/aromatic N) is 2. The summed E-state index contributed by atoms with van der Waals surface area (Å²) < 4.78 is 0. The fourth-order valence-electron chi connectivity index (χ4n) is 4.68. The van der Waals surface area contributed by atoms with E-state index in [4.69, 9.17) is 33.2 Å². The maximum absolute atomic E-state index is 6.21. The second-order valence-corrected chi connectivity index (χ2v) is 10.2. The van der Waals surface area contributed by atoms with Crippen molar-refractivity contribution < 1.29 is 0 Å². The molecule has 0 atom stereocenters. The Morgan fingerprint density at radius 3 is 2.62 bits per heavy atom. The fourth-order valence-corrected chi connectivity index (χ4v) is 6.27. The van der Waals surface area contributed by atoms with Crippen LogP contribution in [0.5, 0.6) is 0 Å². The summed E-state index contributed by atoms with van der Waals surface area (Å²) in [4.78, 5) is 12.8. The van der Waals surface area contributed by atoms with E-state index in [2.05, 4.69) is 5.32 Å². The maximum atomic E-state index is 6.21. The molecule has 0 aliphatic heterocycles. The van der Waals surface area contributed by atoms with Crippen molar-refractivity contribution in [3.63, 3.8) is 0 Å². The maximum Gasteiger partial charge on any atom is 0.139 e. The summed E-state index contributed by atoms with van der Waals surface area (Å²) in [5.74, 6) is 2.53. The van der Waals surface area contributed by atoms with E-state index in [-0.39, 0.29) is 0 Å². The van der Waals surface area contributed by atoms with Crippen LogP contribution in [0.2, 0.25) is 10.0 Å². The second kappa shape index (κ2) is 8.41. The van der Waals surface area contributed by atoms with Crippen molar-refractivity contribution in [2.75, 3.05) is 5.32 Å². The first-order valence-electron chi connectivity index (χ1n) is 10.7. The Morgan fingerprint density at radius 1 is 0.966 bits per heavy atom. The Balaban J connectivity index is 1.53. The van der Waals surface area contributed by atoms with Crippen LogP contribution < -0.4 is 5.32 Å². The molecule has 0 amide bonds. The number of anilines is 1. The standard InChI is InChI=1S/C23H25Cl2N3S/c24-17-11-10-14(12-18(17)25)13-26-22-20-16-8-4-5-9-19(16)29-23(20)28-21(27-22)15-6-2-1-3-7-15/h10-12,15H,1-9,13H2,(H,26,27,28). The molecule has 0 saturated heterocycles. The highest BCUT2D eigenvalue weighted by Crippen LogP contribution is 2.41. The number of aromatic nitrogens is 2. The van der Waals surface area contributed by atoms with E-state index in [9.17, 15) is 0 Å². The fraction of sp³-hybridized carbons (Fsp3) is 0.478. The summed E-state index contributed by atoms with van der Waals surface area (Å²) in [5, 5.41) is 6.06. The van der Waals surface area contributed by atoms with E-state index in [1.54, 1.807) is 0 Å². The molecular weight excluding hydrogens is 421 g/mol. The SMILES string of the molecule is Clc1ccc(CNc2nc(C3CCCCC3)nc3sc4c(c23)CCCC4)cc1Cl. The van der Waals surface area contributed by atoms with E-state index in [1.165, 1.54) is 72.0 Å². The summed E-state index contributed by atoms with van der Waals surface area (Å²) >= 11 is 14.2. The second-order valence-electron chi connectivity index (χ2n) is 8.26. The predicted octanol–water partition coefficient (Wildman–Crippen LogP) is 7.54. The van der Waals surface area contributed by atoms with Crippen LogP contribution in [-0.4, -0.2) is 9.97 Å². The molecule has 1 aromatic carbocycles. The molecule has 0 bridgehead atoms. The first-order chi connectivity index (χ1) is 14.2. The molecule has 2 aliphatic carbocycles. The van der Waals surface area contributed by atoms with Crippen LogP contribution in [0.15, 0.2) is 18.2 Å². The van der Waals surface area contributed by atoms with Gasteiger partial charge in [-0.1, -0.05) is 48.5 Å². The Morgan fingerprint density at radius 2 is 1.79 bits per heavy atom. The molecule has 3 nitrogen and oxygen atoms in total. The molecule has 5 rings (SSSR count). The van der Waals surface area contributed by atoms with Gasteiger partial charge in [0.15, 0.2) is 0 Å². The molecule has 0 radical (unpaired) electrons. The minimum atomic E-state index is 0.498. The van der Waals surface area contributed by atoms with Crippen LogP contribution in [0.4, 0.5) is 5.82 Å². The van der Waals surface area contributed by atoms with E-state index < -0.39 is 0 Å². The number of hydrogen-bond acceptors (Lipinski definition) is 4. The van der Waals surface area contributed by atoms with E-state index in [0.717, 1.165) is 23.6 Å². The lowest BCUT2D eigenvalue weighted by Crippen LogP contribution is -2.11. The van der Waals surface area contributed by atoms with Crippen LogP contribution in [0.25, 0.3) is 10.2 Å². The number of halogens is 2. The van der Waals surface area contributed by atoms with Crippen molar-refractivity contribution in [3.05, 3.63) is 50.1 Å². The zero-order chi connectivity index (χ0) is 19.8. The van der Waals surface area contributed by atoms with Crippen molar-refractivity contribution in [2.24, 2.45) is 0 Å². The highest BCUT2D eigenvalue weighted by atomic mass is 35.5. The van der Waals surface area contributed by atoms with Gasteiger partial charge in [-0.3, -0.25) is 0 Å². The summed E-state index contributed by atoms with van der Waals surface area (Å²) in [5.41, 5.74) is 2.58. The van der Waals surface area contributed by atoms with Gasteiger partial charge in [0.05, 0.1) is 15.4 Å². The average Bonchev–Trinajstić information content (AvgIpc) is 3.13. The summed E-state index contributed by atoms with van der Waals surface area (Å²) in [6.07, 6.45) is 11.2. The molecule has 1 fully saturated rings. The molecule has 2 aromatic heterocycles.